The van der Waals surface area contributed by atoms with Crippen molar-refractivity contribution < 1.29 is 19.7 Å². The largest absolute Gasteiger partial charge is 0.497 e. The van der Waals surface area contributed by atoms with Crippen LogP contribution in [0.1, 0.15) is 28.8 Å². The first-order chi connectivity index (χ1) is 12.6. The molecular weight excluding hydrogens is 336 g/mol. The molecule has 1 aliphatic heterocycles. The molecule has 138 valence electrons. The Morgan fingerprint density at radius 1 is 1.38 bits per heavy atom. The molecule has 0 unspecified atom stereocenters. The lowest BCUT2D eigenvalue weighted by molar-refractivity contribution is 0.0697. The van der Waals surface area contributed by atoms with E-state index in [-0.39, 0.29) is 24.0 Å². The quantitative estimate of drug-likeness (QED) is 0.687. The maximum atomic E-state index is 11.5. The summed E-state index contributed by atoms with van der Waals surface area (Å²) in [6, 6.07) is 7.46. The molecule has 0 spiro atoms. The summed E-state index contributed by atoms with van der Waals surface area (Å²) in [4.78, 5) is 22.0. The van der Waals surface area contributed by atoms with Gasteiger partial charge in [0.2, 0.25) is 5.95 Å². The van der Waals surface area contributed by atoms with E-state index in [1.54, 1.807) is 7.11 Å². The molecule has 1 aromatic carbocycles. The van der Waals surface area contributed by atoms with Gasteiger partial charge in [-0.15, -0.1) is 0 Å². The van der Waals surface area contributed by atoms with E-state index < -0.39 is 5.97 Å². The van der Waals surface area contributed by atoms with Crippen LogP contribution in [0.5, 0.6) is 5.75 Å². The molecule has 0 aliphatic carbocycles. The Bertz CT molecular complexity index is 766. The Kier molecular flexibility index (Phi) is 5.52. The van der Waals surface area contributed by atoms with E-state index >= 15 is 0 Å². The van der Waals surface area contributed by atoms with Crippen LogP contribution in [0.4, 0.5) is 11.8 Å². The lowest BCUT2D eigenvalue weighted by Gasteiger charge is -2.23. The van der Waals surface area contributed by atoms with Gasteiger partial charge < -0.3 is 25.2 Å². The molecule has 3 rings (SSSR count). The second-order valence-electron chi connectivity index (χ2n) is 6.11. The molecule has 1 aromatic heterocycles. The van der Waals surface area contributed by atoms with Crippen molar-refractivity contribution >= 4 is 17.7 Å². The number of methoxy groups -OCH3 is 1. The van der Waals surface area contributed by atoms with Crippen molar-refractivity contribution in [3.05, 3.63) is 41.6 Å². The molecule has 0 radical (unpaired) electrons. The third-order valence-corrected chi connectivity index (χ3v) is 4.47. The fourth-order valence-electron chi connectivity index (χ4n) is 3.02. The Balaban J connectivity index is 1.81. The van der Waals surface area contributed by atoms with E-state index in [2.05, 4.69) is 15.3 Å². The lowest BCUT2D eigenvalue weighted by Crippen LogP contribution is -2.33. The molecule has 0 bridgehead atoms. The summed E-state index contributed by atoms with van der Waals surface area (Å²) < 4.78 is 5.13. The highest BCUT2D eigenvalue weighted by atomic mass is 16.5. The van der Waals surface area contributed by atoms with Gasteiger partial charge in [-0.05, 0) is 30.5 Å². The molecular formula is C18H22N4O4. The van der Waals surface area contributed by atoms with Crippen molar-refractivity contribution in [1.82, 2.24) is 9.97 Å². The van der Waals surface area contributed by atoms with Crippen LogP contribution < -0.4 is 15.0 Å². The van der Waals surface area contributed by atoms with Gasteiger partial charge in [-0.3, -0.25) is 0 Å². The SMILES string of the molecule is COc1ccc(CNc2nc(N3CCC[C@H]3CO)ncc2C(=O)O)cc1. The summed E-state index contributed by atoms with van der Waals surface area (Å²) in [6.07, 6.45) is 3.13. The number of aliphatic hydroxyl groups is 1. The van der Waals surface area contributed by atoms with Crippen LogP contribution in [-0.2, 0) is 6.54 Å². The first-order valence-electron chi connectivity index (χ1n) is 8.47. The number of carboxylic acids is 1. The summed E-state index contributed by atoms with van der Waals surface area (Å²) in [6.45, 7) is 1.19. The molecule has 0 amide bonds. The highest BCUT2D eigenvalue weighted by Gasteiger charge is 2.27. The molecule has 26 heavy (non-hydrogen) atoms. The minimum atomic E-state index is -1.09. The summed E-state index contributed by atoms with van der Waals surface area (Å²) in [5, 5.41) is 22.0. The van der Waals surface area contributed by atoms with Crippen LogP contribution in [0, 0.1) is 0 Å². The molecule has 8 heteroatoms. The maximum Gasteiger partial charge on any atom is 0.341 e. The van der Waals surface area contributed by atoms with E-state index in [1.165, 1.54) is 6.20 Å². The van der Waals surface area contributed by atoms with Crippen molar-refractivity contribution in [2.75, 3.05) is 30.5 Å². The number of carbonyl (C=O) groups is 1. The van der Waals surface area contributed by atoms with Crippen LogP contribution in [-0.4, -0.2) is 52.5 Å². The summed E-state index contributed by atoms with van der Waals surface area (Å²) in [5.74, 6) is 0.368. The average molecular weight is 358 g/mol. The second-order valence-corrected chi connectivity index (χ2v) is 6.11. The number of hydrogen-bond donors (Lipinski definition) is 3. The monoisotopic (exact) mass is 358 g/mol. The molecule has 1 atom stereocenters. The van der Waals surface area contributed by atoms with Crippen molar-refractivity contribution in [1.29, 1.82) is 0 Å². The number of anilines is 2. The van der Waals surface area contributed by atoms with Crippen molar-refractivity contribution in [3.63, 3.8) is 0 Å². The predicted molar refractivity (Wildman–Crippen MR) is 96.8 cm³/mol. The maximum absolute atomic E-state index is 11.5. The predicted octanol–water partition coefficient (Wildman–Crippen LogP) is 1.76. The van der Waals surface area contributed by atoms with Crippen LogP contribution in [0.3, 0.4) is 0 Å². The first-order valence-corrected chi connectivity index (χ1v) is 8.47. The van der Waals surface area contributed by atoms with Crippen LogP contribution >= 0.6 is 0 Å². The Hall–Kier alpha value is -2.87. The van der Waals surface area contributed by atoms with Gasteiger partial charge in [0.1, 0.15) is 17.1 Å². The molecule has 2 aromatic rings. The number of nitrogens with one attached hydrogen (secondary N) is 1. The Labute approximate surface area is 151 Å². The lowest BCUT2D eigenvalue weighted by atomic mass is 10.2. The van der Waals surface area contributed by atoms with Crippen LogP contribution in [0.15, 0.2) is 30.5 Å². The van der Waals surface area contributed by atoms with Gasteiger partial charge in [0.15, 0.2) is 0 Å². The fourth-order valence-corrected chi connectivity index (χ4v) is 3.02. The number of carboxylic acid groups (broad SMARTS) is 1. The summed E-state index contributed by atoms with van der Waals surface area (Å²) in [7, 11) is 1.60. The second kappa shape index (κ2) is 8.01. The first kappa shape index (κ1) is 17.9. The number of aliphatic hydroxyl groups excluding tert-OH is 1. The molecule has 0 saturated carbocycles. The minimum Gasteiger partial charge on any atom is -0.497 e. The van der Waals surface area contributed by atoms with E-state index in [4.69, 9.17) is 4.74 Å². The van der Waals surface area contributed by atoms with Gasteiger partial charge in [0, 0.05) is 19.3 Å². The standard InChI is InChI=1S/C18H22N4O4/c1-26-14-6-4-12(5-7-14)9-19-16-15(17(24)25)10-20-18(21-16)22-8-2-3-13(22)11-23/h4-7,10,13,23H,2-3,8-9,11H2,1H3,(H,24,25)(H,19,20,21)/t13-/m0/s1. The van der Waals surface area contributed by atoms with Gasteiger partial charge >= 0.3 is 5.97 Å². The molecule has 2 heterocycles. The number of rotatable bonds is 7. The third kappa shape index (κ3) is 3.85. The van der Waals surface area contributed by atoms with Gasteiger partial charge in [0.25, 0.3) is 0 Å². The van der Waals surface area contributed by atoms with E-state index in [0.717, 1.165) is 30.7 Å². The highest BCUT2D eigenvalue weighted by Crippen LogP contribution is 2.24. The molecule has 3 N–H and O–H groups in total. The van der Waals surface area contributed by atoms with Crippen molar-refractivity contribution in [2.45, 2.75) is 25.4 Å². The molecule has 1 aliphatic rings. The highest BCUT2D eigenvalue weighted by molar-refractivity contribution is 5.93. The minimum absolute atomic E-state index is 0.0157. The zero-order chi connectivity index (χ0) is 18.5. The zero-order valence-corrected chi connectivity index (χ0v) is 14.6. The van der Waals surface area contributed by atoms with E-state index in [0.29, 0.717) is 12.5 Å². The average Bonchev–Trinajstić information content (AvgIpc) is 3.15. The van der Waals surface area contributed by atoms with Crippen molar-refractivity contribution in [3.8, 4) is 5.75 Å². The molecule has 1 saturated heterocycles. The number of hydrogen-bond acceptors (Lipinski definition) is 7. The van der Waals surface area contributed by atoms with Crippen LogP contribution in [0.25, 0.3) is 0 Å². The smallest absolute Gasteiger partial charge is 0.341 e. The number of ether oxygens (including phenoxy) is 1. The number of aromatic nitrogens is 2. The summed E-state index contributed by atoms with van der Waals surface area (Å²) >= 11 is 0. The summed E-state index contributed by atoms with van der Waals surface area (Å²) in [5.41, 5.74) is 0.985. The van der Waals surface area contributed by atoms with Gasteiger partial charge in [-0.2, -0.15) is 4.98 Å². The Morgan fingerprint density at radius 2 is 2.15 bits per heavy atom. The van der Waals surface area contributed by atoms with Gasteiger partial charge in [0.05, 0.1) is 19.8 Å². The van der Waals surface area contributed by atoms with E-state index in [9.17, 15) is 15.0 Å². The normalized spacial score (nSPS) is 16.5. The van der Waals surface area contributed by atoms with Crippen LogP contribution in [0.2, 0.25) is 0 Å². The number of aromatic carboxylic acids is 1. The third-order valence-electron chi connectivity index (χ3n) is 4.47. The Morgan fingerprint density at radius 3 is 2.81 bits per heavy atom. The molecule has 8 nitrogen and oxygen atoms in total. The van der Waals surface area contributed by atoms with Gasteiger partial charge in [-0.25, -0.2) is 9.78 Å². The fraction of sp³-hybridized carbons (Fsp3) is 0.389. The molecule has 1 fully saturated rings. The van der Waals surface area contributed by atoms with Crippen molar-refractivity contribution in [2.24, 2.45) is 0 Å². The van der Waals surface area contributed by atoms with E-state index in [1.807, 2.05) is 29.2 Å². The number of benzene rings is 1. The van der Waals surface area contributed by atoms with Gasteiger partial charge in [-0.1, -0.05) is 12.1 Å². The topological polar surface area (TPSA) is 108 Å². The number of nitrogens with zero attached hydrogens (tertiary/aromatic N) is 3. The zero-order valence-electron chi connectivity index (χ0n) is 14.6.